The molecule has 0 atom stereocenters. The number of carboxylic acids is 2. The number of hydrogen-bond acceptors (Lipinski definition) is 4. The minimum absolute atomic E-state index is 0.0542. The quantitative estimate of drug-likeness (QED) is 0.334. The Kier molecular flexibility index (Phi) is 19.3. The molecule has 0 amide bonds. The molecule has 3 N–H and O–H groups in total. The van der Waals surface area contributed by atoms with Crippen LogP contribution in [-0.2, 0) is 9.59 Å². The van der Waals surface area contributed by atoms with Crippen LogP contribution in [0.3, 0.4) is 0 Å². The average molecular weight is 410 g/mol. The van der Waals surface area contributed by atoms with Crippen molar-refractivity contribution in [2.75, 3.05) is 26.2 Å². The molecule has 0 heterocycles. The normalized spacial score (nSPS) is 10.1. The van der Waals surface area contributed by atoms with Crippen LogP contribution in [-0.4, -0.2) is 79.5 Å². The van der Waals surface area contributed by atoms with Gasteiger partial charge in [-0.25, -0.2) is 0 Å². The number of aliphatic carboxylic acids is 2. The Morgan fingerprint density at radius 2 is 1.38 bits per heavy atom. The van der Waals surface area contributed by atoms with Gasteiger partial charge in [0.1, 0.15) is 0 Å². The topological polar surface area (TPSA) is 98.1 Å². The van der Waals surface area contributed by atoms with Gasteiger partial charge in [-0.3, -0.25) is 14.5 Å². The molecule has 0 fully saturated rings. The molecule has 0 aliphatic carbocycles. The van der Waals surface area contributed by atoms with Crippen molar-refractivity contribution in [2.24, 2.45) is 0 Å². The molecular weight excluding hydrogens is 381 g/mol. The Morgan fingerprint density at radius 3 is 1.67 bits per heavy atom. The average Bonchev–Trinajstić information content (AvgIpc) is 2.38. The van der Waals surface area contributed by atoms with E-state index >= 15 is 0 Å². The fraction of sp³-hybridized carbons (Fsp3) is 0.857. The van der Waals surface area contributed by atoms with Gasteiger partial charge < -0.3 is 15.3 Å². The number of aliphatic hydroxyl groups is 1. The predicted molar refractivity (Wildman–Crippen MR) is 84.0 cm³/mol. The van der Waals surface area contributed by atoms with E-state index in [1.165, 1.54) is 25.7 Å². The molecule has 2 radical (unpaired) electrons. The van der Waals surface area contributed by atoms with Gasteiger partial charge in [0, 0.05) is 6.54 Å². The van der Waals surface area contributed by atoms with E-state index in [-0.39, 0.29) is 47.4 Å². The maximum Gasteiger partial charge on any atom is 0.317 e. The molecule has 0 saturated carbocycles. The second-order valence-electron chi connectivity index (χ2n) is 4.68. The van der Waals surface area contributed by atoms with Gasteiger partial charge in [0.15, 0.2) is 0 Å². The summed E-state index contributed by atoms with van der Waals surface area (Å²) in [4.78, 5) is 21.4. The van der Waals surface area contributed by atoms with Crippen LogP contribution in [0.4, 0.5) is 0 Å². The van der Waals surface area contributed by atoms with E-state index in [0.717, 1.165) is 4.90 Å². The van der Waals surface area contributed by atoms with E-state index < -0.39 is 11.9 Å². The molecule has 0 aliphatic heterocycles. The Morgan fingerprint density at radius 1 is 0.952 bits per heavy atom. The monoisotopic (exact) mass is 411 g/mol. The molecule has 21 heavy (non-hydrogen) atoms. The summed E-state index contributed by atoms with van der Waals surface area (Å²) >= 11 is 0.149. The third-order valence-corrected chi connectivity index (χ3v) is 6.58. The molecule has 0 aromatic heterocycles. The zero-order valence-electron chi connectivity index (χ0n) is 13.2. The SMILES string of the molecule is CCC[CH2][Sn][CH2]CCC.O=C(O)CN(CCO)CC(=O)O. The van der Waals surface area contributed by atoms with Crippen LogP contribution >= 0.6 is 0 Å². The van der Waals surface area contributed by atoms with Crippen molar-refractivity contribution < 1.29 is 24.9 Å². The maximum atomic E-state index is 10.1. The van der Waals surface area contributed by atoms with Gasteiger partial charge in [-0.2, -0.15) is 0 Å². The summed E-state index contributed by atoms with van der Waals surface area (Å²) in [6.45, 7) is 3.65. The summed E-state index contributed by atoms with van der Waals surface area (Å²) in [5, 5.41) is 25.0. The van der Waals surface area contributed by atoms with Gasteiger partial charge in [0.05, 0.1) is 19.7 Å². The molecule has 0 unspecified atom stereocenters. The van der Waals surface area contributed by atoms with Crippen molar-refractivity contribution >= 4 is 33.1 Å². The summed E-state index contributed by atoms with van der Waals surface area (Å²) in [6.07, 6.45) is 5.84. The Hall–Kier alpha value is -0.341. The molecule has 0 aromatic carbocycles. The minimum atomic E-state index is -1.11. The Labute approximate surface area is 137 Å². The standard InChI is InChI=1S/C6H11NO5.2C4H9.Sn/c8-2-1-7(3-5(9)10)4-6(11)12;2*1-3-4-2;/h8H,1-4H2,(H,9,10)(H,11,12);2*1,3-4H2,2H3;. The maximum absolute atomic E-state index is 10.1. The van der Waals surface area contributed by atoms with Crippen LogP contribution in [0.25, 0.3) is 0 Å². The van der Waals surface area contributed by atoms with Crippen molar-refractivity contribution in [1.82, 2.24) is 4.90 Å². The summed E-state index contributed by atoms with van der Waals surface area (Å²) in [7, 11) is 0. The molecule has 124 valence electrons. The molecule has 0 spiro atoms. The zero-order valence-corrected chi connectivity index (χ0v) is 16.0. The van der Waals surface area contributed by atoms with E-state index in [1.54, 1.807) is 8.87 Å². The van der Waals surface area contributed by atoms with Crippen molar-refractivity contribution in [3.63, 3.8) is 0 Å². The van der Waals surface area contributed by atoms with Crippen molar-refractivity contribution in [3.8, 4) is 0 Å². The van der Waals surface area contributed by atoms with Gasteiger partial charge in [-0.1, -0.05) is 0 Å². The van der Waals surface area contributed by atoms with Gasteiger partial charge in [-0.15, -0.1) is 0 Å². The molecular formula is C14H29NO5Sn. The first-order valence-corrected chi connectivity index (χ1v) is 11.5. The molecule has 7 heteroatoms. The third-order valence-electron chi connectivity index (χ3n) is 2.55. The van der Waals surface area contributed by atoms with Crippen LogP contribution in [0, 0.1) is 0 Å². The number of hydrogen-bond donors (Lipinski definition) is 3. The third kappa shape index (κ3) is 22.1. The number of carboxylic acid groups (broad SMARTS) is 2. The first-order valence-electron chi connectivity index (χ1n) is 7.45. The van der Waals surface area contributed by atoms with Gasteiger partial charge in [0.2, 0.25) is 0 Å². The number of aliphatic hydroxyl groups excluding tert-OH is 1. The van der Waals surface area contributed by atoms with E-state index in [0.29, 0.717) is 0 Å². The van der Waals surface area contributed by atoms with Crippen LogP contribution in [0.2, 0.25) is 8.87 Å². The Balaban J connectivity index is 0. The summed E-state index contributed by atoms with van der Waals surface area (Å²) in [6, 6.07) is 0. The largest absolute Gasteiger partial charge is 0.480 e. The van der Waals surface area contributed by atoms with Gasteiger partial charge in [0.25, 0.3) is 0 Å². The minimum Gasteiger partial charge on any atom is -0.480 e. The molecule has 0 saturated heterocycles. The van der Waals surface area contributed by atoms with E-state index in [2.05, 4.69) is 13.8 Å². The summed E-state index contributed by atoms with van der Waals surface area (Å²) in [5.41, 5.74) is 0. The van der Waals surface area contributed by atoms with Crippen molar-refractivity contribution in [3.05, 3.63) is 0 Å². The van der Waals surface area contributed by atoms with Crippen molar-refractivity contribution in [1.29, 1.82) is 0 Å². The molecule has 0 rings (SSSR count). The Bertz CT molecular complexity index is 242. The first kappa shape index (κ1) is 22.9. The van der Waals surface area contributed by atoms with Crippen molar-refractivity contribution in [2.45, 2.75) is 48.4 Å². The second kappa shape index (κ2) is 17.7. The molecule has 6 nitrogen and oxygen atoms in total. The van der Waals surface area contributed by atoms with Crippen LogP contribution in [0.5, 0.6) is 0 Å². The van der Waals surface area contributed by atoms with Gasteiger partial charge in [-0.05, 0) is 0 Å². The van der Waals surface area contributed by atoms with Crippen LogP contribution in [0.15, 0.2) is 0 Å². The van der Waals surface area contributed by atoms with E-state index in [1.807, 2.05) is 0 Å². The molecule has 0 bridgehead atoms. The summed E-state index contributed by atoms with van der Waals surface area (Å²) < 4.78 is 3.25. The van der Waals surface area contributed by atoms with Crippen LogP contribution < -0.4 is 0 Å². The number of carbonyl (C=O) groups is 2. The fourth-order valence-electron chi connectivity index (χ4n) is 1.47. The summed E-state index contributed by atoms with van der Waals surface area (Å²) in [5.74, 6) is -2.21. The van der Waals surface area contributed by atoms with Crippen LogP contribution in [0.1, 0.15) is 39.5 Å². The molecule has 0 aromatic rings. The molecule has 0 aliphatic rings. The first-order chi connectivity index (χ1) is 9.97. The smallest absolute Gasteiger partial charge is 0.317 e. The fourth-order valence-corrected chi connectivity index (χ4v) is 5.63. The van der Waals surface area contributed by atoms with E-state index in [4.69, 9.17) is 15.3 Å². The zero-order chi connectivity index (χ0) is 16.5. The van der Waals surface area contributed by atoms with E-state index in [9.17, 15) is 9.59 Å². The van der Waals surface area contributed by atoms with Gasteiger partial charge >= 0.3 is 81.5 Å². The number of nitrogens with zero attached hydrogens (tertiary/aromatic N) is 1. The number of rotatable bonds is 12. The second-order valence-corrected chi connectivity index (χ2v) is 8.96. The predicted octanol–water partition coefficient (Wildman–Crippen LogP) is 1.58. The number of unbranched alkanes of at least 4 members (excludes halogenated alkanes) is 2.